The van der Waals surface area contributed by atoms with E-state index in [1.165, 1.54) is 0 Å². The Morgan fingerprint density at radius 2 is 2.00 bits per heavy atom. The lowest BCUT2D eigenvalue weighted by Crippen LogP contribution is -2.24. The van der Waals surface area contributed by atoms with Crippen LogP contribution in [0, 0.1) is 5.41 Å². The fourth-order valence-electron chi connectivity index (χ4n) is 2.21. The summed E-state index contributed by atoms with van der Waals surface area (Å²) in [6, 6.07) is 7.74. The van der Waals surface area contributed by atoms with Gasteiger partial charge in [0.05, 0.1) is 0 Å². The van der Waals surface area contributed by atoms with E-state index in [1.807, 2.05) is 24.3 Å². The second kappa shape index (κ2) is 4.88. The van der Waals surface area contributed by atoms with Crippen LogP contribution in [0.4, 0.5) is 5.69 Å². The van der Waals surface area contributed by atoms with E-state index in [9.17, 15) is 4.79 Å². The van der Waals surface area contributed by atoms with Gasteiger partial charge in [-0.3, -0.25) is 4.79 Å². The predicted molar refractivity (Wildman–Crippen MR) is 69.5 cm³/mol. The molecule has 0 spiro atoms. The Kier molecular flexibility index (Phi) is 3.48. The number of rotatable bonds is 5. The lowest BCUT2D eigenvalue weighted by atomic mass is 9.99. The number of hydrogen-bond acceptors (Lipinski definition) is 2. The van der Waals surface area contributed by atoms with Crippen molar-refractivity contribution in [3.63, 3.8) is 0 Å². The smallest absolute Gasteiger partial charge is 0.230 e. The van der Waals surface area contributed by atoms with Crippen LogP contribution in [0.5, 0.6) is 0 Å². The summed E-state index contributed by atoms with van der Waals surface area (Å²) in [6.45, 7) is 2.66. The minimum Gasteiger partial charge on any atom is -0.326 e. The highest BCUT2D eigenvalue weighted by molar-refractivity contribution is 5.97. The van der Waals surface area contributed by atoms with Crippen molar-refractivity contribution in [3.05, 3.63) is 29.8 Å². The summed E-state index contributed by atoms with van der Waals surface area (Å²) in [5.41, 5.74) is 7.42. The van der Waals surface area contributed by atoms with Crippen LogP contribution in [0.1, 0.15) is 38.2 Å². The van der Waals surface area contributed by atoms with Gasteiger partial charge in [-0.1, -0.05) is 25.5 Å². The first-order valence-electron chi connectivity index (χ1n) is 6.31. The number of nitrogens with one attached hydrogen (secondary N) is 1. The van der Waals surface area contributed by atoms with Crippen molar-refractivity contribution in [1.29, 1.82) is 0 Å². The van der Waals surface area contributed by atoms with Crippen molar-refractivity contribution >= 4 is 11.6 Å². The molecule has 1 saturated carbocycles. The molecule has 0 radical (unpaired) electrons. The molecule has 1 aliphatic carbocycles. The van der Waals surface area contributed by atoms with Crippen LogP contribution < -0.4 is 11.1 Å². The first-order valence-corrected chi connectivity index (χ1v) is 6.31. The molecule has 1 amide bonds. The third-order valence-electron chi connectivity index (χ3n) is 3.51. The van der Waals surface area contributed by atoms with Gasteiger partial charge in [0.2, 0.25) is 5.91 Å². The molecule has 3 N–H and O–H groups in total. The number of anilines is 1. The van der Waals surface area contributed by atoms with Crippen LogP contribution in [-0.2, 0) is 11.3 Å². The number of benzene rings is 1. The fourth-order valence-corrected chi connectivity index (χ4v) is 2.21. The van der Waals surface area contributed by atoms with E-state index in [2.05, 4.69) is 12.2 Å². The van der Waals surface area contributed by atoms with E-state index >= 15 is 0 Å². The van der Waals surface area contributed by atoms with Crippen molar-refractivity contribution < 1.29 is 4.79 Å². The van der Waals surface area contributed by atoms with Crippen LogP contribution in [0.15, 0.2) is 24.3 Å². The third kappa shape index (κ3) is 2.67. The van der Waals surface area contributed by atoms with Gasteiger partial charge in [-0.05, 0) is 37.0 Å². The second-order valence-electron chi connectivity index (χ2n) is 4.89. The average Bonchev–Trinajstić information content (AvgIpc) is 3.12. The molecule has 0 unspecified atom stereocenters. The first kappa shape index (κ1) is 12.1. The predicted octanol–water partition coefficient (Wildman–Crippen LogP) is 2.66. The number of carbonyl (C=O) groups excluding carboxylic acids is 1. The molecule has 0 heterocycles. The molecule has 0 bridgehead atoms. The molecule has 0 aliphatic heterocycles. The van der Waals surface area contributed by atoms with Crippen LogP contribution in [0.2, 0.25) is 0 Å². The fraction of sp³-hybridized carbons (Fsp3) is 0.500. The maximum atomic E-state index is 12.1. The first-order chi connectivity index (χ1) is 8.20. The van der Waals surface area contributed by atoms with Gasteiger partial charge in [0, 0.05) is 17.6 Å². The number of carbonyl (C=O) groups is 1. The van der Waals surface area contributed by atoms with Gasteiger partial charge in [0.25, 0.3) is 0 Å². The molecular formula is C14H20N2O. The molecule has 0 aromatic heterocycles. The van der Waals surface area contributed by atoms with E-state index in [4.69, 9.17) is 5.73 Å². The monoisotopic (exact) mass is 232 g/mol. The van der Waals surface area contributed by atoms with Gasteiger partial charge in [0.15, 0.2) is 0 Å². The zero-order valence-corrected chi connectivity index (χ0v) is 10.3. The summed E-state index contributed by atoms with van der Waals surface area (Å²) in [5, 5.41) is 3.00. The summed E-state index contributed by atoms with van der Waals surface area (Å²) in [5.74, 6) is 0.180. The van der Waals surface area contributed by atoms with Crippen LogP contribution in [0.3, 0.4) is 0 Å². The van der Waals surface area contributed by atoms with Crippen molar-refractivity contribution in [3.8, 4) is 0 Å². The van der Waals surface area contributed by atoms with Crippen molar-refractivity contribution in [2.75, 3.05) is 5.32 Å². The summed E-state index contributed by atoms with van der Waals surface area (Å²) < 4.78 is 0. The lowest BCUT2D eigenvalue weighted by Gasteiger charge is -2.14. The van der Waals surface area contributed by atoms with Crippen LogP contribution in [0.25, 0.3) is 0 Å². The van der Waals surface area contributed by atoms with Gasteiger partial charge in [0.1, 0.15) is 0 Å². The van der Waals surface area contributed by atoms with Gasteiger partial charge in [-0.25, -0.2) is 0 Å². The molecule has 2 rings (SSSR count). The van der Waals surface area contributed by atoms with Crippen LogP contribution >= 0.6 is 0 Å². The van der Waals surface area contributed by atoms with Gasteiger partial charge in [-0.15, -0.1) is 0 Å². The van der Waals surface area contributed by atoms with E-state index in [-0.39, 0.29) is 11.3 Å². The molecule has 1 aromatic rings. The highest BCUT2D eigenvalue weighted by Crippen LogP contribution is 2.50. The van der Waals surface area contributed by atoms with Crippen molar-refractivity contribution in [1.82, 2.24) is 0 Å². The minimum atomic E-state index is -0.0682. The topological polar surface area (TPSA) is 55.1 Å². The van der Waals surface area contributed by atoms with E-state index in [1.54, 1.807) is 0 Å². The standard InChI is InChI=1S/C14H20N2O/c1-2-7-14(8-9-14)13(17)16-12-5-3-11(10-15)4-6-12/h3-6H,2,7-10,15H2,1H3,(H,16,17). The van der Waals surface area contributed by atoms with E-state index in [0.29, 0.717) is 6.54 Å². The third-order valence-corrected chi connectivity index (χ3v) is 3.51. The molecule has 3 heteroatoms. The Morgan fingerprint density at radius 1 is 1.35 bits per heavy atom. The maximum absolute atomic E-state index is 12.1. The Balaban J connectivity index is 1.98. The molecule has 1 aliphatic rings. The number of hydrogen-bond donors (Lipinski definition) is 2. The second-order valence-corrected chi connectivity index (χ2v) is 4.89. The summed E-state index contributed by atoms with van der Waals surface area (Å²) in [4.78, 5) is 12.1. The molecule has 0 saturated heterocycles. The van der Waals surface area contributed by atoms with E-state index in [0.717, 1.165) is 36.9 Å². The zero-order valence-electron chi connectivity index (χ0n) is 10.3. The van der Waals surface area contributed by atoms with E-state index < -0.39 is 0 Å². The normalized spacial score (nSPS) is 16.6. The van der Waals surface area contributed by atoms with Crippen LogP contribution in [-0.4, -0.2) is 5.91 Å². The molecule has 0 atom stereocenters. The highest BCUT2D eigenvalue weighted by Gasteiger charge is 2.48. The Bertz CT molecular complexity index is 393. The quantitative estimate of drug-likeness (QED) is 0.820. The van der Waals surface area contributed by atoms with Crippen molar-refractivity contribution in [2.45, 2.75) is 39.2 Å². The largest absolute Gasteiger partial charge is 0.326 e. The summed E-state index contributed by atoms with van der Waals surface area (Å²) in [7, 11) is 0. The SMILES string of the molecule is CCCC1(C(=O)Nc2ccc(CN)cc2)CC1. The molecule has 1 aromatic carbocycles. The van der Waals surface area contributed by atoms with Gasteiger partial charge in [-0.2, -0.15) is 0 Å². The highest BCUT2D eigenvalue weighted by atomic mass is 16.2. The molecule has 3 nitrogen and oxygen atoms in total. The van der Waals surface area contributed by atoms with Gasteiger partial charge >= 0.3 is 0 Å². The lowest BCUT2D eigenvalue weighted by molar-refractivity contribution is -0.121. The molecular weight excluding hydrogens is 212 g/mol. The molecule has 92 valence electrons. The maximum Gasteiger partial charge on any atom is 0.230 e. The number of amides is 1. The van der Waals surface area contributed by atoms with Crippen molar-refractivity contribution in [2.24, 2.45) is 11.1 Å². The molecule has 1 fully saturated rings. The molecule has 17 heavy (non-hydrogen) atoms. The Hall–Kier alpha value is -1.35. The Labute approximate surface area is 102 Å². The summed E-state index contributed by atoms with van der Waals surface area (Å²) >= 11 is 0. The number of nitrogens with two attached hydrogens (primary N) is 1. The Morgan fingerprint density at radius 3 is 2.47 bits per heavy atom. The summed E-state index contributed by atoms with van der Waals surface area (Å²) in [6.07, 6.45) is 4.14. The average molecular weight is 232 g/mol. The minimum absolute atomic E-state index is 0.0682. The zero-order chi connectivity index (χ0) is 12.3. The van der Waals surface area contributed by atoms with Gasteiger partial charge < -0.3 is 11.1 Å².